The summed E-state index contributed by atoms with van der Waals surface area (Å²) in [6.45, 7) is 3.70. The van der Waals surface area contributed by atoms with Gasteiger partial charge in [0.2, 0.25) is 0 Å². The second kappa shape index (κ2) is 14.6. The van der Waals surface area contributed by atoms with E-state index < -0.39 is 6.10 Å². The van der Waals surface area contributed by atoms with Crippen LogP contribution in [0.2, 0.25) is 0 Å². The number of carbonyl (C=O) groups is 1. The number of aliphatic hydroxyl groups is 2. The van der Waals surface area contributed by atoms with Crippen LogP contribution < -0.4 is 0 Å². The Morgan fingerprint density at radius 1 is 0.824 bits per heavy atom. The first kappa shape index (κ1) is 27.6. The molecule has 2 N–H and O–H groups in total. The Bertz CT molecular complexity index is 632. The largest absolute Gasteiger partial charge is 0.455 e. The molecule has 0 unspecified atom stereocenters. The Kier molecular flexibility index (Phi) is 11.8. The Morgan fingerprint density at radius 3 is 1.88 bits per heavy atom. The van der Waals surface area contributed by atoms with Crippen LogP contribution >= 0.6 is 0 Å². The highest BCUT2D eigenvalue weighted by molar-refractivity contribution is 5.90. The summed E-state index contributed by atoms with van der Waals surface area (Å²) in [7, 11) is 0. The Balaban J connectivity index is 1.11. The van der Waals surface area contributed by atoms with E-state index in [2.05, 4.69) is 0 Å². The minimum absolute atomic E-state index is 0.0452. The van der Waals surface area contributed by atoms with Crippen molar-refractivity contribution in [1.29, 1.82) is 0 Å². The molecular weight excluding hydrogens is 432 g/mol. The molecule has 3 rings (SSSR count). The van der Waals surface area contributed by atoms with Crippen molar-refractivity contribution in [2.24, 2.45) is 0 Å². The molecule has 0 aromatic rings. The molecule has 3 aliphatic heterocycles. The lowest BCUT2D eigenvalue weighted by molar-refractivity contribution is -0.139. The molecule has 0 aromatic carbocycles. The average molecular weight is 481 g/mol. The van der Waals surface area contributed by atoms with Gasteiger partial charge in [-0.2, -0.15) is 0 Å². The monoisotopic (exact) mass is 480 g/mol. The number of cyclic esters (lactones) is 1. The zero-order chi connectivity index (χ0) is 24.3. The zero-order valence-corrected chi connectivity index (χ0v) is 21.5. The minimum atomic E-state index is -0.426. The van der Waals surface area contributed by atoms with Gasteiger partial charge < -0.3 is 24.4 Å². The van der Waals surface area contributed by atoms with Gasteiger partial charge in [0.15, 0.2) is 0 Å². The van der Waals surface area contributed by atoms with Gasteiger partial charge in [-0.05, 0) is 64.9 Å². The predicted molar refractivity (Wildman–Crippen MR) is 133 cm³/mol. The van der Waals surface area contributed by atoms with Crippen LogP contribution in [0.5, 0.6) is 0 Å². The Labute approximate surface area is 206 Å². The Morgan fingerprint density at radius 2 is 1.35 bits per heavy atom. The highest BCUT2D eigenvalue weighted by Crippen LogP contribution is 2.34. The van der Waals surface area contributed by atoms with Crippen molar-refractivity contribution < 1.29 is 29.2 Å². The van der Waals surface area contributed by atoms with E-state index in [1.54, 1.807) is 6.92 Å². The van der Waals surface area contributed by atoms with Crippen LogP contribution in [0.3, 0.4) is 0 Å². The SMILES string of the molecule is C[C@H]1C=C(CCCCCCCCCCCC[C@@H](O)[C@H]2CC[C@H]([C@H]3CC[C@H]([C@@H](C)O)O3)O2)C(=O)O1. The number of hydrogen-bond acceptors (Lipinski definition) is 6. The number of esters is 1. The lowest BCUT2D eigenvalue weighted by atomic mass is 10.0. The average Bonchev–Trinajstić information content (AvgIpc) is 3.54. The maximum atomic E-state index is 11.6. The van der Waals surface area contributed by atoms with E-state index in [9.17, 15) is 15.0 Å². The third-order valence-corrected chi connectivity index (χ3v) is 7.74. The van der Waals surface area contributed by atoms with Gasteiger partial charge in [-0.15, -0.1) is 0 Å². The van der Waals surface area contributed by atoms with Crippen molar-refractivity contribution in [2.45, 2.75) is 159 Å². The molecule has 0 amide bonds. The summed E-state index contributed by atoms with van der Waals surface area (Å²) in [6.07, 6.45) is 18.7. The van der Waals surface area contributed by atoms with Crippen molar-refractivity contribution in [3.8, 4) is 0 Å². The lowest BCUT2D eigenvalue weighted by Gasteiger charge is -2.23. The van der Waals surface area contributed by atoms with E-state index in [1.807, 2.05) is 13.0 Å². The smallest absolute Gasteiger partial charge is 0.334 e. The molecule has 2 fully saturated rings. The molecule has 0 bridgehead atoms. The van der Waals surface area contributed by atoms with Crippen LogP contribution in [-0.4, -0.2) is 58.9 Å². The molecule has 6 nitrogen and oxygen atoms in total. The van der Waals surface area contributed by atoms with E-state index in [0.717, 1.165) is 56.9 Å². The molecule has 34 heavy (non-hydrogen) atoms. The van der Waals surface area contributed by atoms with Gasteiger partial charge >= 0.3 is 5.97 Å². The number of ether oxygens (including phenoxy) is 3. The van der Waals surface area contributed by atoms with Crippen LogP contribution in [0, 0.1) is 0 Å². The maximum absolute atomic E-state index is 11.6. The van der Waals surface area contributed by atoms with Crippen molar-refractivity contribution in [1.82, 2.24) is 0 Å². The number of carbonyl (C=O) groups excluding carboxylic acids is 1. The molecular formula is C28H48O6. The fraction of sp³-hybridized carbons (Fsp3) is 0.893. The molecule has 3 heterocycles. The van der Waals surface area contributed by atoms with E-state index in [1.165, 1.54) is 51.4 Å². The summed E-state index contributed by atoms with van der Waals surface area (Å²) >= 11 is 0. The third kappa shape index (κ3) is 8.92. The summed E-state index contributed by atoms with van der Waals surface area (Å²) in [6, 6.07) is 0. The van der Waals surface area contributed by atoms with Crippen molar-refractivity contribution in [3.05, 3.63) is 11.6 Å². The second-order valence-electron chi connectivity index (χ2n) is 10.8. The van der Waals surface area contributed by atoms with Gasteiger partial charge in [-0.1, -0.05) is 57.8 Å². The zero-order valence-electron chi connectivity index (χ0n) is 21.5. The van der Waals surface area contributed by atoms with E-state index in [-0.39, 0.29) is 42.6 Å². The number of hydrogen-bond donors (Lipinski definition) is 2. The van der Waals surface area contributed by atoms with Crippen LogP contribution in [0.15, 0.2) is 11.6 Å². The van der Waals surface area contributed by atoms with Crippen LogP contribution in [0.25, 0.3) is 0 Å². The third-order valence-electron chi connectivity index (χ3n) is 7.74. The minimum Gasteiger partial charge on any atom is -0.455 e. The Hall–Kier alpha value is -0.950. The first-order valence-corrected chi connectivity index (χ1v) is 14.0. The van der Waals surface area contributed by atoms with E-state index >= 15 is 0 Å². The van der Waals surface area contributed by atoms with Crippen LogP contribution in [0.4, 0.5) is 0 Å². The summed E-state index contributed by atoms with van der Waals surface area (Å²) in [5, 5.41) is 20.3. The van der Waals surface area contributed by atoms with Crippen molar-refractivity contribution in [3.63, 3.8) is 0 Å². The fourth-order valence-electron chi connectivity index (χ4n) is 5.65. The van der Waals surface area contributed by atoms with Gasteiger partial charge in [-0.25, -0.2) is 4.79 Å². The van der Waals surface area contributed by atoms with Gasteiger partial charge in [0.25, 0.3) is 0 Å². The topological polar surface area (TPSA) is 85.2 Å². The summed E-state index contributed by atoms with van der Waals surface area (Å²) in [5.41, 5.74) is 0.866. The van der Waals surface area contributed by atoms with Gasteiger partial charge in [0.05, 0.1) is 36.6 Å². The van der Waals surface area contributed by atoms with Crippen LogP contribution in [0.1, 0.15) is 117 Å². The normalized spacial score (nSPS) is 31.0. The lowest BCUT2D eigenvalue weighted by Crippen LogP contribution is -2.32. The van der Waals surface area contributed by atoms with E-state index in [4.69, 9.17) is 14.2 Å². The highest BCUT2D eigenvalue weighted by atomic mass is 16.6. The van der Waals surface area contributed by atoms with E-state index in [0.29, 0.717) is 0 Å². The molecule has 6 heteroatoms. The second-order valence-corrected chi connectivity index (χ2v) is 10.8. The van der Waals surface area contributed by atoms with Crippen molar-refractivity contribution in [2.75, 3.05) is 0 Å². The molecule has 7 atom stereocenters. The summed E-state index contributed by atoms with van der Waals surface area (Å²) in [5.74, 6) is -0.120. The molecule has 3 aliphatic rings. The van der Waals surface area contributed by atoms with Gasteiger partial charge in [0.1, 0.15) is 6.10 Å². The first-order chi connectivity index (χ1) is 16.4. The molecule has 0 saturated carbocycles. The molecule has 196 valence electrons. The fourth-order valence-corrected chi connectivity index (χ4v) is 5.65. The maximum Gasteiger partial charge on any atom is 0.334 e. The first-order valence-electron chi connectivity index (χ1n) is 14.0. The predicted octanol–water partition coefficient (Wildman–Crippen LogP) is 5.38. The number of rotatable bonds is 16. The summed E-state index contributed by atoms with van der Waals surface area (Å²) in [4.78, 5) is 11.6. The standard InChI is InChI=1S/C28H48O6/c1-20-19-22(28(31)32-20)13-11-9-7-5-3-4-6-8-10-12-14-23(30)25-16-18-27(34-25)26-17-15-24(33-26)21(2)29/h19-21,23-27,29-30H,3-18H2,1-2H3/t20-,21+,23+,24+,25+,26+,27+/m0/s1. The van der Waals surface area contributed by atoms with Crippen LogP contribution in [-0.2, 0) is 19.0 Å². The molecule has 0 spiro atoms. The molecule has 2 saturated heterocycles. The number of unbranched alkanes of at least 4 members (excludes halogenated alkanes) is 9. The molecule has 0 aliphatic carbocycles. The quantitative estimate of drug-likeness (QED) is 0.228. The molecule has 0 radical (unpaired) electrons. The van der Waals surface area contributed by atoms with Gasteiger partial charge in [0, 0.05) is 5.57 Å². The van der Waals surface area contributed by atoms with Gasteiger partial charge in [-0.3, -0.25) is 0 Å². The number of aliphatic hydroxyl groups excluding tert-OH is 2. The van der Waals surface area contributed by atoms with Crippen molar-refractivity contribution >= 4 is 5.97 Å². The highest BCUT2D eigenvalue weighted by Gasteiger charge is 2.40. The summed E-state index contributed by atoms with van der Waals surface area (Å²) < 4.78 is 17.2. The molecule has 0 aromatic heterocycles.